The van der Waals surface area contributed by atoms with E-state index in [1.165, 1.54) is 36.8 Å². The molecule has 0 aliphatic heterocycles. The molecule has 0 spiro atoms. The lowest BCUT2D eigenvalue weighted by molar-refractivity contribution is 0.283. The third kappa shape index (κ3) is 3.32. The number of hydrogen-bond donors (Lipinski definition) is 0. The zero-order valence-corrected chi connectivity index (χ0v) is 14.8. The number of halogens is 3. The van der Waals surface area contributed by atoms with Gasteiger partial charge in [-0.3, -0.25) is 0 Å². The highest BCUT2D eigenvalue weighted by Gasteiger charge is 2.27. The zero-order valence-electron chi connectivity index (χ0n) is 10.8. The van der Waals surface area contributed by atoms with E-state index in [4.69, 9.17) is 11.6 Å². The SMILES string of the molecule is Cc1cc(Br)c(C(Cl)C2CCC(C)CC2)cc1Br. The summed E-state index contributed by atoms with van der Waals surface area (Å²) in [6.07, 6.45) is 5.15. The second kappa shape index (κ2) is 6.28. The number of hydrogen-bond acceptors (Lipinski definition) is 0. The summed E-state index contributed by atoms with van der Waals surface area (Å²) in [7, 11) is 0. The van der Waals surface area contributed by atoms with Crippen molar-refractivity contribution in [2.75, 3.05) is 0 Å². The molecule has 0 N–H and O–H groups in total. The van der Waals surface area contributed by atoms with Crippen molar-refractivity contribution in [1.82, 2.24) is 0 Å². The lowest BCUT2D eigenvalue weighted by atomic mass is 9.80. The smallest absolute Gasteiger partial charge is 0.0624 e. The molecule has 1 fully saturated rings. The van der Waals surface area contributed by atoms with Crippen molar-refractivity contribution < 1.29 is 0 Å². The summed E-state index contributed by atoms with van der Waals surface area (Å²) in [6.45, 7) is 4.45. The second-order valence-corrected chi connectivity index (χ2v) is 7.72. The third-order valence-corrected chi connectivity index (χ3v) is 6.18. The molecule has 0 bridgehead atoms. The van der Waals surface area contributed by atoms with Crippen LogP contribution in [0.1, 0.15) is 49.1 Å². The molecule has 2 rings (SSSR count). The lowest BCUT2D eigenvalue weighted by Crippen LogP contribution is -2.16. The minimum Gasteiger partial charge on any atom is -0.117 e. The molecule has 18 heavy (non-hydrogen) atoms. The Morgan fingerprint density at radius 3 is 2.33 bits per heavy atom. The van der Waals surface area contributed by atoms with E-state index < -0.39 is 0 Å². The normalized spacial score (nSPS) is 26.1. The van der Waals surface area contributed by atoms with Gasteiger partial charge in [0, 0.05) is 8.95 Å². The van der Waals surface area contributed by atoms with Crippen molar-refractivity contribution in [1.29, 1.82) is 0 Å². The van der Waals surface area contributed by atoms with Crippen LogP contribution in [0.15, 0.2) is 21.1 Å². The summed E-state index contributed by atoms with van der Waals surface area (Å²) in [5.41, 5.74) is 2.47. The molecule has 1 aliphatic rings. The highest BCUT2D eigenvalue weighted by molar-refractivity contribution is 9.11. The van der Waals surface area contributed by atoms with Crippen LogP contribution in [-0.4, -0.2) is 0 Å². The molecule has 0 amide bonds. The fraction of sp³-hybridized carbons (Fsp3) is 0.600. The van der Waals surface area contributed by atoms with Gasteiger partial charge in [-0.2, -0.15) is 0 Å². The molecule has 1 aromatic carbocycles. The molecule has 0 saturated heterocycles. The third-order valence-electron chi connectivity index (χ3n) is 4.05. The Kier molecular flexibility index (Phi) is 5.19. The summed E-state index contributed by atoms with van der Waals surface area (Å²) in [5.74, 6) is 1.49. The lowest BCUT2D eigenvalue weighted by Gasteiger charge is -2.30. The summed E-state index contributed by atoms with van der Waals surface area (Å²) in [6, 6.07) is 4.33. The van der Waals surface area contributed by atoms with E-state index in [1.54, 1.807) is 0 Å². The number of benzene rings is 1. The summed E-state index contributed by atoms with van der Waals surface area (Å²) < 4.78 is 2.29. The average molecular weight is 395 g/mol. The molecule has 0 aromatic heterocycles. The maximum absolute atomic E-state index is 6.71. The minimum absolute atomic E-state index is 0.128. The predicted molar refractivity (Wildman–Crippen MR) is 86.3 cm³/mol. The van der Waals surface area contributed by atoms with Crippen LogP contribution in [0.25, 0.3) is 0 Å². The van der Waals surface area contributed by atoms with Crippen molar-refractivity contribution in [3.63, 3.8) is 0 Å². The van der Waals surface area contributed by atoms with E-state index in [1.807, 2.05) is 0 Å². The van der Waals surface area contributed by atoms with E-state index >= 15 is 0 Å². The molecule has 0 nitrogen and oxygen atoms in total. The van der Waals surface area contributed by atoms with Gasteiger partial charge in [-0.05, 0) is 54.9 Å². The fourth-order valence-corrected chi connectivity index (χ4v) is 4.34. The van der Waals surface area contributed by atoms with E-state index in [0.717, 1.165) is 14.9 Å². The van der Waals surface area contributed by atoms with E-state index in [-0.39, 0.29) is 5.38 Å². The largest absolute Gasteiger partial charge is 0.117 e. The summed E-state index contributed by atoms with van der Waals surface area (Å²) in [5, 5.41) is 0.128. The van der Waals surface area contributed by atoms with Crippen LogP contribution in [0, 0.1) is 18.8 Å². The van der Waals surface area contributed by atoms with Crippen molar-refractivity contribution in [3.8, 4) is 0 Å². The number of alkyl halides is 1. The molecule has 100 valence electrons. The Morgan fingerprint density at radius 1 is 1.11 bits per heavy atom. The fourth-order valence-electron chi connectivity index (χ4n) is 2.71. The minimum atomic E-state index is 0.128. The molecule has 1 unspecified atom stereocenters. The van der Waals surface area contributed by atoms with Gasteiger partial charge in [0.05, 0.1) is 5.38 Å². The second-order valence-electron chi connectivity index (χ2n) is 5.54. The molecule has 0 heterocycles. The first-order valence-corrected chi connectivity index (χ1v) is 8.61. The Balaban J connectivity index is 2.18. The Morgan fingerprint density at radius 2 is 1.72 bits per heavy atom. The monoisotopic (exact) mass is 392 g/mol. The van der Waals surface area contributed by atoms with Gasteiger partial charge in [0.15, 0.2) is 0 Å². The quantitative estimate of drug-likeness (QED) is 0.494. The van der Waals surface area contributed by atoms with E-state index in [2.05, 4.69) is 57.8 Å². The highest BCUT2D eigenvalue weighted by atomic mass is 79.9. The zero-order chi connectivity index (χ0) is 13.3. The molecule has 3 heteroatoms. The Hall–Kier alpha value is 0.470. The highest BCUT2D eigenvalue weighted by Crippen LogP contribution is 2.43. The standard InChI is InChI=1S/C15H19Br2Cl/c1-9-3-5-11(6-4-9)15(18)12-8-13(16)10(2)7-14(12)17/h7-9,11,15H,3-6H2,1-2H3. The van der Waals surface area contributed by atoms with Crippen LogP contribution in [0.2, 0.25) is 0 Å². The Bertz CT molecular complexity index is 423. The topological polar surface area (TPSA) is 0 Å². The van der Waals surface area contributed by atoms with E-state index in [0.29, 0.717) is 5.92 Å². The molecule has 0 radical (unpaired) electrons. The Labute approximate surface area is 132 Å². The van der Waals surface area contributed by atoms with E-state index in [9.17, 15) is 0 Å². The van der Waals surface area contributed by atoms with Crippen LogP contribution in [-0.2, 0) is 0 Å². The van der Waals surface area contributed by atoms with Gasteiger partial charge in [-0.1, -0.05) is 51.6 Å². The number of aryl methyl sites for hydroxylation is 1. The molecule has 1 aliphatic carbocycles. The maximum Gasteiger partial charge on any atom is 0.0624 e. The molecular formula is C15H19Br2Cl. The van der Waals surface area contributed by atoms with Gasteiger partial charge in [-0.25, -0.2) is 0 Å². The predicted octanol–water partition coefficient (Wildman–Crippen LogP) is 6.63. The first-order chi connectivity index (χ1) is 8.49. The molecule has 1 atom stereocenters. The van der Waals surface area contributed by atoms with Crippen LogP contribution < -0.4 is 0 Å². The van der Waals surface area contributed by atoms with Crippen molar-refractivity contribution in [3.05, 3.63) is 32.2 Å². The summed E-state index contributed by atoms with van der Waals surface area (Å²) in [4.78, 5) is 0. The first kappa shape index (κ1) is 14.9. The summed E-state index contributed by atoms with van der Waals surface area (Å²) >= 11 is 14.0. The van der Waals surface area contributed by atoms with Gasteiger partial charge < -0.3 is 0 Å². The van der Waals surface area contributed by atoms with Gasteiger partial charge in [0.1, 0.15) is 0 Å². The molecular weight excluding hydrogens is 375 g/mol. The van der Waals surface area contributed by atoms with Crippen molar-refractivity contribution in [2.24, 2.45) is 11.8 Å². The van der Waals surface area contributed by atoms with Gasteiger partial charge in [-0.15, -0.1) is 11.6 Å². The van der Waals surface area contributed by atoms with Gasteiger partial charge in [0.2, 0.25) is 0 Å². The molecule has 1 saturated carbocycles. The maximum atomic E-state index is 6.71. The first-order valence-electron chi connectivity index (χ1n) is 6.58. The average Bonchev–Trinajstić information content (AvgIpc) is 2.34. The van der Waals surface area contributed by atoms with Crippen LogP contribution in [0.4, 0.5) is 0 Å². The van der Waals surface area contributed by atoms with Crippen molar-refractivity contribution >= 4 is 43.5 Å². The van der Waals surface area contributed by atoms with Crippen LogP contribution in [0.5, 0.6) is 0 Å². The van der Waals surface area contributed by atoms with Crippen LogP contribution in [0.3, 0.4) is 0 Å². The van der Waals surface area contributed by atoms with Crippen LogP contribution >= 0.6 is 43.5 Å². The molecule has 1 aromatic rings. The van der Waals surface area contributed by atoms with Crippen molar-refractivity contribution in [2.45, 2.75) is 44.9 Å². The number of rotatable bonds is 2. The van der Waals surface area contributed by atoms with Gasteiger partial charge in [0.25, 0.3) is 0 Å². The van der Waals surface area contributed by atoms with Gasteiger partial charge >= 0.3 is 0 Å².